The van der Waals surface area contributed by atoms with Crippen molar-refractivity contribution in [3.8, 4) is 0 Å². The van der Waals surface area contributed by atoms with E-state index in [9.17, 15) is 0 Å². The molecule has 1 atom stereocenters. The van der Waals surface area contributed by atoms with Crippen LogP contribution in [0, 0.1) is 6.42 Å². The van der Waals surface area contributed by atoms with Gasteiger partial charge in [0.25, 0.3) is 0 Å². The first-order valence-corrected chi connectivity index (χ1v) is 1.92. The first-order chi connectivity index (χ1) is 2.30. The zero-order valence-corrected chi connectivity index (χ0v) is 3.50. The van der Waals surface area contributed by atoms with Crippen molar-refractivity contribution in [2.45, 2.75) is 5.38 Å². The van der Waals surface area contributed by atoms with Crippen molar-refractivity contribution in [1.29, 1.82) is 0 Å². The van der Waals surface area contributed by atoms with Crippen molar-refractivity contribution < 1.29 is 0 Å². The molecule has 0 nitrogen and oxygen atoms in total. The molecular weight excluding hydrogens is 83.5 g/mol. The summed E-state index contributed by atoms with van der Waals surface area (Å²) in [6, 6.07) is 0. The molecule has 0 saturated heterocycles. The maximum atomic E-state index is 5.38. The van der Waals surface area contributed by atoms with Crippen LogP contribution in [0.3, 0.4) is 0 Å². The van der Waals surface area contributed by atoms with Gasteiger partial charge < -0.3 is 0 Å². The van der Waals surface area contributed by atoms with Crippen LogP contribution in [0.1, 0.15) is 0 Å². The number of alkyl halides is 1. The summed E-state index contributed by atoms with van der Waals surface area (Å²) in [6.07, 6.45) is 1.90. The molecule has 27 valence electrons. The lowest BCUT2D eigenvalue weighted by Crippen LogP contribution is -1.49. The average molecular weight is 87.5 g/mol. The van der Waals surface area contributed by atoms with Gasteiger partial charge in [-0.05, 0) is 0 Å². The molecule has 1 unspecified atom stereocenters. The van der Waals surface area contributed by atoms with Gasteiger partial charge in [-0.2, -0.15) is 0 Å². The van der Waals surface area contributed by atoms with Crippen molar-refractivity contribution in [1.82, 2.24) is 0 Å². The Labute approximate surface area is 36.4 Å². The molecular formula is C4H4Cl. The Bertz CT molecular complexity index is 66.0. The van der Waals surface area contributed by atoms with Crippen LogP contribution < -0.4 is 0 Å². The van der Waals surface area contributed by atoms with Crippen LogP contribution >= 0.6 is 11.6 Å². The van der Waals surface area contributed by atoms with E-state index in [0.29, 0.717) is 0 Å². The lowest BCUT2D eigenvalue weighted by atomic mass is 10.7. The standard InChI is InChI=1S/C4H4Cl/c1-3-2-4(3)5/h2,4H,1H2. The Morgan fingerprint density at radius 2 is 2.20 bits per heavy atom. The molecule has 0 aliphatic heterocycles. The van der Waals surface area contributed by atoms with Gasteiger partial charge in [-0.25, -0.2) is 0 Å². The summed E-state index contributed by atoms with van der Waals surface area (Å²) in [7, 11) is 0. The van der Waals surface area contributed by atoms with Gasteiger partial charge in [0.15, 0.2) is 0 Å². The fourth-order valence-electron chi connectivity index (χ4n) is 0.140. The summed E-state index contributed by atoms with van der Waals surface area (Å²) >= 11 is 5.38. The van der Waals surface area contributed by atoms with Gasteiger partial charge >= 0.3 is 0 Å². The van der Waals surface area contributed by atoms with E-state index < -0.39 is 0 Å². The van der Waals surface area contributed by atoms with E-state index in [2.05, 4.69) is 6.58 Å². The normalized spacial score (nSPS) is 34.6. The van der Waals surface area contributed by atoms with E-state index in [1.54, 1.807) is 0 Å². The van der Waals surface area contributed by atoms with E-state index in [0.717, 1.165) is 5.57 Å². The van der Waals surface area contributed by atoms with Gasteiger partial charge in [0.2, 0.25) is 0 Å². The number of rotatable bonds is 0. The number of allylic oxidation sites excluding steroid dienone is 1. The first kappa shape index (κ1) is 3.23. The SMILES string of the molecule is C=C1[CH]C1Cl. The van der Waals surface area contributed by atoms with Crippen molar-refractivity contribution in [3.05, 3.63) is 18.6 Å². The van der Waals surface area contributed by atoms with Gasteiger partial charge in [-0.3, -0.25) is 0 Å². The molecule has 1 heteroatoms. The summed E-state index contributed by atoms with van der Waals surface area (Å²) in [6.45, 7) is 3.56. The fourth-order valence-corrected chi connectivity index (χ4v) is 0.302. The molecule has 1 aliphatic rings. The van der Waals surface area contributed by atoms with Gasteiger partial charge in [-0.15, -0.1) is 11.6 Å². The van der Waals surface area contributed by atoms with Gasteiger partial charge in [-0.1, -0.05) is 12.2 Å². The second-order valence-electron chi connectivity index (χ2n) is 1.14. The number of hydrogen-bond donors (Lipinski definition) is 0. The van der Waals surface area contributed by atoms with Crippen molar-refractivity contribution >= 4 is 11.6 Å². The van der Waals surface area contributed by atoms with E-state index in [1.807, 2.05) is 6.42 Å². The minimum Gasteiger partial charge on any atom is -0.118 e. The molecule has 1 aliphatic carbocycles. The molecule has 0 N–H and O–H groups in total. The summed E-state index contributed by atoms with van der Waals surface area (Å²) in [5, 5.41) is 0.204. The van der Waals surface area contributed by atoms with E-state index in [1.165, 1.54) is 0 Å². The summed E-state index contributed by atoms with van der Waals surface area (Å²) in [4.78, 5) is 0. The van der Waals surface area contributed by atoms with E-state index >= 15 is 0 Å². The molecule has 0 aromatic carbocycles. The largest absolute Gasteiger partial charge is 0.118 e. The Balaban J connectivity index is 2.47. The highest BCUT2D eigenvalue weighted by molar-refractivity contribution is 6.27. The molecule has 1 saturated carbocycles. The van der Waals surface area contributed by atoms with Crippen LogP contribution in [0.5, 0.6) is 0 Å². The summed E-state index contributed by atoms with van der Waals surface area (Å²) in [5.41, 5.74) is 1.06. The van der Waals surface area contributed by atoms with Crippen molar-refractivity contribution in [2.24, 2.45) is 0 Å². The molecule has 0 amide bonds. The third kappa shape index (κ3) is 0.457. The fraction of sp³-hybridized carbons (Fsp3) is 0.250. The van der Waals surface area contributed by atoms with Crippen LogP contribution in [-0.4, -0.2) is 5.38 Å². The summed E-state index contributed by atoms with van der Waals surface area (Å²) < 4.78 is 0. The topological polar surface area (TPSA) is 0 Å². The molecule has 0 bridgehead atoms. The van der Waals surface area contributed by atoms with Gasteiger partial charge in [0, 0.05) is 6.42 Å². The van der Waals surface area contributed by atoms with Crippen LogP contribution in [0.15, 0.2) is 12.2 Å². The second-order valence-corrected chi connectivity index (χ2v) is 1.61. The van der Waals surface area contributed by atoms with Crippen LogP contribution in [0.2, 0.25) is 0 Å². The monoisotopic (exact) mass is 87.0 g/mol. The molecule has 5 heavy (non-hydrogen) atoms. The van der Waals surface area contributed by atoms with Crippen LogP contribution in [0.25, 0.3) is 0 Å². The lowest BCUT2D eigenvalue weighted by molar-refractivity contribution is 1.70. The predicted octanol–water partition coefficient (Wildman–Crippen LogP) is 1.37. The molecule has 0 aromatic heterocycles. The zero-order chi connectivity index (χ0) is 3.86. The molecule has 0 spiro atoms. The highest BCUT2D eigenvalue weighted by atomic mass is 35.5. The second kappa shape index (κ2) is 0.749. The highest BCUT2D eigenvalue weighted by Crippen LogP contribution is 2.30. The lowest BCUT2D eigenvalue weighted by Gasteiger charge is -1.54. The molecule has 1 fully saturated rings. The molecule has 0 aromatic rings. The zero-order valence-electron chi connectivity index (χ0n) is 2.74. The van der Waals surface area contributed by atoms with Crippen LogP contribution in [0.4, 0.5) is 0 Å². The minimum absolute atomic E-state index is 0.204. The Hall–Kier alpha value is 0.0300. The predicted molar refractivity (Wildman–Crippen MR) is 23.1 cm³/mol. The van der Waals surface area contributed by atoms with Gasteiger partial charge in [0.05, 0.1) is 5.38 Å². The number of halogens is 1. The average Bonchev–Trinajstić information content (AvgIpc) is 1.79. The third-order valence-electron chi connectivity index (χ3n) is 0.606. The molecule has 0 heterocycles. The Morgan fingerprint density at radius 3 is 2.20 bits per heavy atom. The number of hydrogen-bond acceptors (Lipinski definition) is 0. The Kier molecular flexibility index (Phi) is 0.483. The maximum absolute atomic E-state index is 5.38. The van der Waals surface area contributed by atoms with E-state index in [4.69, 9.17) is 11.6 Å². The van der Waals surface area contributed by atoms with E-state index in [-0.39, 0.29) is 5.38 Å². The summed E-state index contributed by atoms with van der Waals surface area (Å²) in [5.74, 6) is 0. The van der Waals surface area contributed by atoms with Gasteiger partial charge in [0.1, 0.15) is 0 Å². The minimum atomic E-state index is 0.204. The highest BCUT2D eigenvalue weighted by Gasteiger charge is 2.23. The quantitative estimate of drug-likeness (QED) is 0.392. The smallest absolute Gasteiger partial charge is 0.0618 e. The molecule has 1 rings (SSSR count). The maximum Gasteiger partial charge on any atom is 0.0618 e. The van der Waals surface area contributed by atoms with Crippen LogP contribution in [-0.2, 0) is 0 Å². The Morgan fingerprint density at radius 1 is 2.00 bits per heavy atom. The van der Waals surface area contributed by atoms with Crippen molar-refractivity contribution in [3.63, 3.8) is 0 Å². The third-order valence-corrected chi connectivity index (χ3v) is 1.01. The first-order valence-electron chi connectivity index (χ1n) is 1.48. The van der Waals surface area contributed by atoms with Crippen molar-refractivity contribution in [2.75, 3.05) is 0 Å². The molecule has 1 radical (unpaired) electrons.